The Morgan fingerprint density at radius 3 is 2.69 bits per heavy atom. The van der Waals surface area contributed by atoms with E-state index in [2.05, 4.69) is 26.2 Å². The summed E-state index contributed by atoms with van der Waals surface area (Å²) in [5.41, 5.74) is 0.989. The Morgan fingerprint density at radius 1 is 1.16 bits per heavy atom. The van der Waals surface area contributed by atoms with E-state index in [-0.39, 0.29) is 23.2 Å². The second-order valence-electron chi connectivity index (χ2n) is 6.85. The summed E-state index contributed by atoms with van der Waals surface area (Å²) in [6.07, 6.45) is -2.18. The maximum Gasteiger partial charge on any atom is 0.434 e. The molecule has 0 aliphatic rings. The summed E-state index contributed by atoms with van der Waals surface area (Å²) in [5, 5.41) is 15.9. The fraction of sp³-hybridized carbons (Fsp3) is 0.0952. The van der Waals surface area contributed by atoms with Crippen LogP contribution in [0.3, 0.4) is 0 Å². The molecule has 1 aromatic carbocycles. The first kappa shape index (κ1) is 19.9. The van der Waals surface area contributed by atoms with Crippen LogP contribution in [0.25, 0.3) is 44.4 Å². The average Bonchev–Trinajstić information content (AvgIpc) is 3.51. The third-order valence-corrected chi connectivity index (χ3v) is 5.74. The van der Waals surface area contributed by atoms with Crippen LogP contribution in [-0.2, 0) is 13.2 Å². The summed E-state index contributed by atoms with van der Waals surface area (Å²) in [6.45, 7) is 0. The summed E-state index contributed by atoms with van der Waals surface area (Å²) in [5.74, 6) is 0.606. The van der Waals surface area contributed by atoms with Crippen LogP contribution in [0, 0.1) is 11.3 Å². The minimum Gasteiger partial charge on any atom is -0.334 e. The number of nitriles is 1. The molecule has 0 fully saturated rings. The van der Waals surface area contributed by atoms with Crippen molar-refractivity contribution in [1.82, 2.24) is 24.7 Å². The molecule has 0 N–H and O–H groups in total. The molecule has 0 unspecified atom stereocenters. The lowest BCUT2D eigenvalue weighted by Gasteiger charge is -2.01. The molecule has 7 nitrogen and oxygen atoms in total. The van der Waals surface area contributed by atoms with Crippen LogP contribution in [0.2, 0.25) is 0 Å². The van der Waals surface area contributed by atoms with Gasteiger partial charge in [0.2, 0.25) is 5.82 Å². The Kier molecular flexibility index (Phi) is 4.53. The number of hydrogen-bond donors (Lipinski definition) is 0. The maximum atomic E-state index is 12.9. The molecule has 4 heterocycles. The van der Waals surface area contributed by atoms with E-state index < -0.39 is 11.9 Å². The van der Waals surface area contributed by atoms with Gasteiger partial charge in [0.1, 0.15) is 11.8 Å². The molecule has 0 saturated heterocycles. The second-order valence-corrected chi connectivity index (χ2v) is 7.76. The van der Waals surface area contributed by atoms with Crippen molar-refractivity contribution >= 4 is 21.4 Å². The zero-order chi connectivity index (χ0) is 22.5. The van der Waals surface area contributed by atoms with E-state index in [0.717, 1.165) is 16.3 Å². The lowest BCUT2D eigenvalue weighted by molar-refractivity contribution is -0.140. The van der Waals surface area contributed by atoms with E-state index in [0.29, 0.717) is 16.7 Å². The number of halogens is 3. The molecule has 0 aliphatic carbocycles. The van der Waals surface area contributed by atoms with E-state index >= 15 is 0 Å². The molecule has 11 heteroatoms. The molecule has 0 spiro atoms. The number of aromatic nitrogens is 5. The van der Waals surface area contributed by atoms with Crippen LogP contribution < -0.4 is 0 Å². The monoisotopic (exact) mass is 452 g/mol. The van der Waals surface area contributed by atoms with Gasteiger partial charge < -0.3 is 9.09 Å². The molecule has 0 atom stereocenters. The average molecular weight is 452 g/mol. The van der Waals surface area contributed by atoms with Crippen molar-refractivity contribution in [2.75, 3.05) is 0 Å². The molecule has 158 valence electrons. The van der Waals surface area contributed by atoms with Gasteiger partial charge in [0.05, 0.1) is 5.56 Å². The molecule has 0 amide bonds. The summed E-state index contributed by atoms with van der Waals surface area (Å²) < 4.78 is 46.3. The third-order valence-electron chi connectivity index (χ3n) is 4.79. The van der Waals surface area contributed by atoms with Gasteiger partial charge in [-0.2, -0.15) is 23.4 Å². The van der Waals surface area contributed by atoms with E-state index in [1.165, 1.54) is 29.1 Å². The molecule has 32 heavy (non-hydrogen) atoms. The lowest BCUT2D eigenvalue weighted by Crippen LogP contribution is -2.04. The normalized spacial score (nSPS) is 11.7. The number of aryl methyl sites for hydroxylation is 1. The topological polar surface area (TPSA) is 93.4 Å². The first-order chi connectivity index (χ1) is 15.3. The quantitative estimate of drug-likeness (QED) is 0.369. The molecule has 0 saturated carbocycles. The predicted molar refractivity (Wildman–Crippen MR) is 110 cm³/mol. The van der Waals surface area contributed by atoms with Crippen LogP contribution >= 0.6 is 11.3 Å². The second kappa shape index (κ2) is 7.28. The molecule has 0 radical (unpaired) electrons. The third kappa shape index (κ3) is 3.30. The summed E-state index contributed by atoms with van der Waals surface area (Å²) in [7, 11) is 1.47. The Morgan fingerprint density at radius 2 is 2.00 bits per heavy atom. The number of thiophene rings is 1. The van der Waals surface area contributed by atoms with Crippen molar-refractivity contribution < 1.29 is 17.7 Å². The van der Waals surface area contributed by atoms with Crippen molar-refractivity contribution in [2.45, 2.75) is 6.18 Å². The van der Waals surface area contributed by atoms with E-state index in [9.17, 15) is 18.4 Å². The van der Waals surface area contributed by atoms with Gasteiger partial charge in [0.15, 0.2) is 11.5 Å². The van der Waals surface area contributed by atoms with E-state index in [4.69, 9.17) is 4.52 Å². The lowest BCUT2D eigenvalue weighted by atomic mass is 10.1. The molecular weight excluding hydrogens is 441 g/mol. The summed E-state index contributed by atoms with van der Waals surface area (Å²) in [4.78, 5) is 12.3. The molecule has 0 aliphatic heterocycles. The highest BCUT2D eigenvalue weighted by Crippen LogP contribution is 2.35. The Bertz CT molecular complexity index is 1490. The van der Waals surface area contributed by atoms with E-state index in [1.54, 1.807) is 23.6 Å². The number of alkyl halides is 3. The fourth-order valence-corrected chi connectivity index (χ4v) is 4.21. The minimum absolute atomic E-state index is 0.0887. The van der Waals surface area contributed by atoms with Crippen molar-refractivity contribution in [2.24, 2.45) is 7.05 Å². The molecule has 0 bridgehead atoms. The maximum absolute atomic E-state index is 12.9. The van der Waals surface area contributed by atoms with Crippen LogP contribution in [0.4, 0.5) is 13.2 Å². The van der Waals surface area contributed by atoms with Crippen molar-refractivity contribution in [1.29, 1.82) is 5.26 Å². The van der Waals surface area contributed by atoms with Crippen LogP contribution in [0.5, 0.6) is 0 Å². The highest BCUT2D eigenvalue weighted by Gasteiger charge is 2.34. The van der Waals surface area contributed by atoms with Crippen LogP contribution in [0.1, 0.15) is 11.3 Å². The standard InChI is InChI=1S/C21H11F3N6OS/c1-30-9-16(21(22,23)24)27-19(30)14-6-5-11(8-26-14)18-28-20(31-29-18)13-3-2-4-15-17(13)12(7-25)10-32-15/h2-6,8-10H,1H3. The van der Waals surface area contributed by atoms with Gasteiger partial charge in [-0.25, -0.2) is 4.98 Å². The van der Waals surface area contributed by atoms with Crippen LogP contribution in [-0.4, -0.2) is 24.7 Å². The van der Waals surface area contributed by atoms with Crippen LogP contribution in [0.15, 0.2) is 52.6 Å². The first-order valence-corrected chi connectivity index (χ1v) is 10.0. The van der Waals surface area contributed by atoms with Crippen molar-refractivity contribution in [3.05, 3.63) is 59.4 Å². The highest BCUT2D eigenvalue weighted by atomic mass is 32.1. The Balaban J connectivity index is 1.48. The summed E-state index contributed by atoms with van der Waals surface area (Å²) in [6, 6.07) is 10.9. The number of rotatable bonds is 3. The largest absolute Gasteiger partial charge is 0.434 e. The van der Waals surface area contributed by atoms with Gasteiger partial charge in [-0.3, -0.25) is 4.98 Å². The number of benzene rings is 1. The van der Waals surface area contributed by atoms with Gasteiger partial charge in [-0.05, 0) is 24.3 Å². The molecule has 5 rings (SSSR count). The summed E-state index contributed by atoms with van der Waals surface area (Å²) >= 11 is 1.45. The zero-order valence-electron chi connectivity index (χ0n) is 16.3. The zero-order valence-corrected chi connectivity index (χ0v) is 17.1. The number of nitrogens with zero attached hydrogens (tertiary/aromatic N) is 6. The van der Waals surface area contributed by atoms with Gasteiger partial charge in [0, 0.05) is 46.0 Å². The molecular formula is C21H11F3N6OS. The van der Waals surface area contributed by atoms with Crippen molar-refractivity contribution in [3.8, 4) is 40.4 Å². The molecule has 5 aromatic rings. The SMILES string of the molecule is Cn1cc(C(F)(F)F)nc1-c1ccc(-c2noc(-c3cccc4scc(C#N)c34)n2)cn1. The molecule has 4 aromatic heterocycles. The van der Waals surface area contributed by atoms with E-state index in [1.807, 2.05) is 12.1 Å². The van der Waals surface area contributed by atoms with Gasteiger partial charge in [-0.1, -0.05) is 11.2 Å². The number of fused-ring (bicyclic) bond motifs is 1. The minimum atomic E-state index is -4.53. The Hall–Kier alpha value is -4.04. The first-order valence-electron chi connectivity index (χ1n) is 9.17. The van der Waals surface area contributed by atoms with Gasteiger partial charge >= 0.3 is 6.18 Å². The predicted octanol–water partition coefficient (Wildman–Crippen LogP) is 5.30. The van der Waals surface area contributed by atoms with Gasteiger partial charge in [0.25, 0.3) is 5.89 Å². The van der Waals surface area contributed by atoms with Crippen molar-refractivity contribution in [3.63, 3.8) is 0 Å². The van der Waals surface area contributed by atoms with Gasteiger partial charge in [-0.15, -0.1) is 11.3 Å². The Labute approximate surface area is 182 Å². The number of pyridine rings is 1. The number of imidazole rings is 1. The highest BCUT2D eigenvalue weighted by molar-refractivity contribution is 7.17. The fourth-order valence-electron chi connectivity index (χ4n) is 3.30. The smallest absolute Gasteiger partial charge is 0.334 e. The number of hydrogen-bond acceptors (Lipinski definition) is 7.